The number of carbonyl (C=O) groups is 1. The third kappa shape index (κ3) is 0.917. The van der Waals surface area contributed by atoms with Crippen LogP contribution in [-0.4, -0.2) is 5.91 Å². The molecule has 2 rings (SSSR count). The zero-order valence-corrected chi connectivity index (χ0v) is 7.50. The average Bonchev–Trinajstić information content (AvgIpc) is 2.41. The second kappa shape index (κ2) is 2.46. The number of fused-ring (bicyclic) bond motifs is 1. The molecule has 1 aromatic carbocycles. The van der Waals surface area contributed by atoms with Crippen molar-refractivity contribution in [2.75, 3.05) is 5.32 Å². The van der Waals surface area contributed by atoms with Crippen LogP contribution in [0.5, 0.6) is 0 Å². The fourth-order valence-corrected chi connectivity index (χ4v) is 1.62. The van der Waals surface area contributed by atoms with Gasteiger partial charge in [-0.1, -0.05) is 24.3 Å². The highest BCUT2D eigenvalue weighted by atomic mass is 16.2. The van der Waals surface area contributed by atoms with Crippen molar-refractivity contribution in [2.45, 2.75) is 12.3 Å². The molecular weight excluding hydrogens is 162 g/mol. The van der Waals surface area contributed by atoms with Crippen LogP contribution in [0, 0.1) is 0 Å². The minimum Gasteiger partial charge on any atom is -0.325 e. The molecule has 1 amide bonds. The Morgan fingerprint density at radius 2 is 2.15 bits per heavy atom. The van der Waals surface area contributed by atoms with Gasteiger partial charge in [-0.3, -0.25) is 4.79 Å². The monoisotopic (exact) mass is 173 g/mol. The van der Waals surface area contributed by atoms with E-state index < -0.39 is 5.41 Å². The second-order valence-electron chi connectivity index (χ2n) is 3.41. The van der Waals surface area contributed by atoms with Gasteiger partial charge in [0.1, 0.15) is 0 Å². The van der Waals surface area contributed by atoms with Crippen LogP contribution >= 0.6 is 0 Å². The van der Waals surface area contributed by atoms with Crippen molar-refractivity contribution in [1.29, 1.82) is 0 Å². The molecular formula is C11H11NO. The molecule has 66 valence electrons. The molecule has 1 atom stereocenters. The lowest BCUT2D eigenvalue weighted by Crippen LogP contribution is -2.28. The summed E-state index contributed by atoms with van der Waals surface area (Å²) in [6.45, 7) is 5.58. The van der Waals surface area contributed by atoms with E-state index >= 15 is 0 Å². The summed E-state index contributed by atoms with van der Waals surface area (Å²) in [5.41, 5.74) is 1.35. The van der Waals surface area contributed by atoms with Crippen LogP contribution < -0.4 is 5.32 Å². The van der Waals surface area contributed by atoms with Gasteiger partial charge in [-0.05, 0) is 18.6 Å². The Balaban J connectivity index is 2.65. The third-order valence-electron chi connectivity index (χ3n) is 2.61. The van der Waals surface area contributed by atoms with Crippen LogP contribution in [0.25, 0.3) is 0 Å². The van der Waals surface area contributed by atoms with Gasteiger partial charge in [-0.15, -0.1) is 6.58 Å². The van der Waals surface area contributed by atoms with Crippen molar-refractivity contribution in [3.8, 4) is 0 Å². The molecule has 2 nitrogen and oxygen atoms in total. The Morgan fingerprint density at radius 3 is 2.85 bits per heavy atom. The molecule has 13 heavy (non-hydrogen) atoms. The fraction of sp³-hybridized carbons (Fsp3) is 0.182. The van der Waals surface area contributed by atoms with Crippen molar-refractivity contribution >= 4 is 11.6 Å². The van der Waals surface area contributed by atoms with E-state index in [1.807, 2.05) is 31.2 Å². The normalized spacial score (nSPS) is 25.2. The predicted molar refractivity (Wildman–Crippen MR) is 52.6 cm³/mol. The van der Waals surface area contributed by atoms with Crippen LogP contribution in [-0.2, 0) is 10.2 Å². The molecule has 1 N–H and O–H groups in total. The van der Waals surface area contributed by atoms with E-state index in [2.05, 4.69) is 11.9 Å². The second-order valence-corrected chi connectivity index (χ2v) is 3.41. The van der Waals surface area contributed by atoms with Crippen molar-refractivity contribution < 1.29 is 4.79 Å². The lowest BCUT2D eigenvalue weighted by Gasteiger charge is -2.15. The van der Waals surface area contributed by atoms with Gasteiger partial charge in [0.2, 0.25) is 5.91 Å². The quantitative estimate of drug-likeness (QED) is 0.647. The molecule has 1 aliphatic rings. The summed E-state index contributed by atoms with van der Waals surface area (Å²) in [5, 5.41) is 2.83. The highest BCUT2D eigenvalue weighted by molar-refractivity contribution is 6.07. The number of benzene rings is 1. The molecule has 0 fully saturated rings. The van der Waals surface area contributed by atoms with Gasteiger partial charge in [-0.25, -0.2) is 0 Å². The standard InChI is InChI=1S/C11H11NO/c1-3-11(2)8-6-4-5-7-9(8)12-10(11)13/h3-7H,1H2,2H3,(H,12,13). The predicted octanol–water partition coefficient (Wildman–Crippen LogP) is 2.08. The van der Waals surface area contributed by atoms with Crippen LogP contribution in [0.3, 0.4) is 0 Å². The fourth-order valence-electron chi connectivity index (χ4n) is 1.62. The maximum absolute atomic E-state index is 11.6. The zero-order chi connectivity index (χ0) is 9.47. The van der Waals surface area contributed by atoms with Crippen molar-refractivity contribution in [3.63, 3.8) is 0 Å². The molecule has 0 radical (unpaired) electrons. The summed E-state index contributed by atoms with van der Waals surface area (Å²) in [7, 11) is 0. The Labute approximate surface area is 77.3 Å². The summed E-state index contributed by atoms with van der Waals surface area (Å²) in [5.74, 6) is 0.00343. The topological polar surface area (TPSA) is 29.1 Å². The average molecular weight is 173 g/mol. The molecule has 0 aromatic heterocycles. The van der Waals surface area contributed by atoms with E-state index in [4.69, 9.17) is 0 Å². The first-order chi connectivity index (χ1) is 6.18. The van der Waals surface area contributed by atoms with Gasteiger partial charge in [0.25, 0.3) is 0 Å². The van der Waals surface area contributed by atoms with E-state index in [0.29, 0.717) is 0 Å². The maximum Gasteiger partial charge on any atom is 0.238 e. The van der Waals surface area contributed by atoms with Crippen molar-refractivity contribution in [3.05, 3.63) is 42.5 Å². The third-order valence-corrected chi connectivity index (χ3v) is 2.61. The number of hydrogen-bond donors (Lipinski definition) is 1. The Bertz CT molecular complexity index is 383. The van der Waals surface area contributed by atoms with Crippen LogP contribution in [0.15, 0.2) is 36.9 Å². The molecule has 0 aliphatic carbocycles. The Morgan fingerprint density at radius 1 is 1.46 bits per heavy atom. The van der Waals surface area contributed by atoms with E-state index in [1.54, 1.807) is 6.08 Å². The smallest absolute Gasteiger partial charge is 0.238 e. The first kappa shape index (κ1) is 8.05. The van der Waals surface area contributed by atoms with Gasteiger partial charge < -0.3 is 5.32 Å². The number of carbonyl (C=O) groups excluding carboxylic acids is 1. The summed E-state index contributed by atoms with van der Waals surface area (Å²) >= 11 is 0. The summed E-state index contributed by atoms with van der Waals surface area (Å²) in [6, 6.07) is 7.70. The van der Waals surface area contributed by atoms with Crippen molar-refractivity contribution in [2.24, 2.45) is 0 Å². The van der Waals surface area contributed by atoms with E-state index in [0.717, 1.165) is 11.3 Å². The number of nitrogens with one attached hydrogen (secondary N) is 1. The minimum atomic E-state index is -0.559. The molecule has 1 unspecified atom stereocenters. The number of anilines is 1. The van der Waals surface area contributed by atoms with Crippen LogP contribution in [0.1, 0.15) is 12.5 Å². The molecule has 0 saturated carbocycles. The Hall–Kier alpha value is -1.57. The highest BCUT2D eigenvalue weighted by Gasteiger charge is 2.39. The van der Waals surface area contributed by atoms with Crippen molar-refractivity contribution in [1.82, 2.24) is 0 Å². The van der Waals surface area contributed by atoms with Gasteiger partial charge in [0.05, 0.1) is 5.41 Å². The van der Waals surface area contributed by atoms with Crippen LogP contribution in [0.2, 0.25) is 0 Å². The molecule has 2 heteroatoms. The molecule has 1 heterocycles. The molecule has 1 aliphatic heterocycles. The number of rotatable bonds is 1. The van der Waals surface area contributed by atoms with Gasteiger partial charge >= 0.3 is 0 Å². The van der Waals surface area contributed by atoms with E-state index in [1.165, 1.54) is 0 Å². The summed E-state index contributed by atoms with van der Waals surface area (Å²) in [4.78, 5) is 11.6. The Kier molecular flexibility index (Phi) is 1.52. The first-order valence-corrected chi connectivity index (χ1v) is 4.23. The highest BCUT2D eigenvalue weighted by Crippen LogP contribution is 2.37. The SMILES string of the molecule is C=CC1(C)C(=O)Nc2ccccc21. The molecule has 0 spiro atoms. The number of amides is 1. The van der Waals surface area contributed by atoms with Crippen LogP contribution in [0.4, 0.5) is 5.69 Å². The zero-order valence-electron chi connectivity index (χ0n) is 7.50. The van der Waals surface area contributed by atoms with Gasteiger partial charge in [0, 0.05) is 5.69 Å². The lowest BCUT2D eigenvalue weighted by atomic mass is 9.84. The maximum atomic E-state index is 11.6. The first-order valence-electron chi connectivity index (χ1n) is 4.23. The number of para-hydroxylation sites is 1. The van der Waals surface area contributed by atoms with E-state index in [-0.39, 0.29) is 5.91 Å². The molecule has 1 aromatic rings. The lowest BCUT2D eigenvalue weighted by molar-refractivity contribution is -0.118. The van der Waals surface area contributed by atoms with Gasteiger partial charge in [-0.2, -0.15) is 0 Å². The summed E-state index contributed by atoms with van der Waals surface area (Å²) in [6.07, 6.45) is 1.69. The minimum absolute atomic E-state index is 0.00343. The molecule has 0 saturated heterocycles. The molecule has 0 bridgehead atoms. The largest absolute Gasteiger partial charge is 0.325 e. The van der Waals surface area contributed by atoms with Gasteiger partial charge in [0.15, 0.2) is 0 Å². The van der Waals surface area contributed by atoms with E-state index in [9.17, 15) is 4.79 Å². The summed E-state index contributed by atoms with van der Waals surface area (Å²) < 4.78 is 0. The number of hydrogen-bond acceptors (Lipinski definition) is 1.